The first-order valence-electron chi connectivity index (χ1n) is 5.17. The second-order valence-corrected chi connectivity index (χ2v) is 3.91. The molecule has 0 spiro atoms. The Kier molecular flexibility index (Phi) is 3.90. The Hall–Kier alpha value is -1.55. The minimum Gasteiger partial charge on any atom is -0.497 e. The molecule has 4 nitrogen and oxygen atoms in total. The second-order valence-electron chi connectivity index (χ2n) is 3.91. The summed E-state index contributed by atoms with van der Waals surface area (Å²) in [7, 11) is 1.62. The molecule has 1 unspecified atom stereocenters. The van der Waals surface area contributed by atoms with E-state index in [1.165, 1.54) is 0 Å². The SMILES string of the molecule is COc1cc(C)c(NC(=O)C(C)N)c(C)c1. The molecule has 0 bridgehead atoms. The molecule has 0 aliphatic rings. The molecule has 16 heavy (non-hydrogen) atoms. The zero-order valence-electron chi connectivity index (χ0n) is 10.1. The average molecular weight is 222 g/mol. The van der Waals surface area contributed by atoms with Gasteiger partial charge in [-0.05, 0) is 44.0 Å². The molecular formula is C12H18N2O2. The van der Waals surface area contributed by atoms with Crippen molar-refractivity contribution in [2.24, 2.45) is 5.73 Å². The Morgan fingerprint density at radius 2 is 1.88 bits per heavy atom. The van der Waals surface area contributed by atoms with Crippen molar-refractivity contribution in [1.29, 1.82) is 0 Å². The predicted molar refractivity (Wildman–Crippen MR) is 64.7 cm³/mol. The molecule has 0 aromatic heterocycles. The van der Waals surface area contributed by atoms with E-state index in [0.717, 1.165) is 22.6 Å². The minimum atomic E-state index is -0.513. The Labute approximate surface area is 95.8 Å². The highest BCUT2D eigenvalue weighted by atomic mass is 16.5. The fourth-order valence-electron chi connectivity index (χ4n) is 1.48. The number of ether oxygens (including phenoxy) is 1. The normalized spacial score (nSPS) is 12.1. The highest BCUT2D eigenvalue weighted by Crippen LogP contribution is 2.26. The van der Waals surface area contributed by atoms with Crippen molar-refractivity contribution < 1.29 is 9.53 Å². The van der Waals surface area contributed by atoms with Gasteiger partial charge >= 0.3 is 0 Å². The lowest BCUT2D eigenvalue weighted by Crippen LogP contribution is -2.32. The van der Waals surface area contributed by atoms with Crippen LogP contribution in [0.25, 0.3) is 0 Å². The maximum atomic E-state index is 11.5. The number of rotatable bonds is 3. The quantitative estimate of drug-likeness (QED) is 0.816. The van der Waals surface area contributed by atoms with Crippen molar-refractivity contribution >= 4 is 11.6 Å². The van der Waals surface area contributed by atoms with E-state index in [1.807, 2.05) is 26.0 Å². The minimum absolute atomic E-state index is 0.184. The van der Waals surface area contributed by atoms with Gasteiger partial charge in [0.2, 0.25) is 5.91 Å². The molecule has 0 saturated heterocycles. The van der Waals surface area contributed by atoms with Crippen LogP contribution in [0.3, 0.4) is 0 Å². The molecule has 0 aliphatic heterocycles. The van der Waals surface area contributed by atoms with E-state index in [1.54, 1.807) is 14.0 Å². The zero-order valence-corrected chi connectivity index (χ0v) is 10.1. The summed E-state index contributed by atoms with van der Waals surface area (Å²) in [4.78, 5) is 11.5. The number of hydrogen-bond acceptors (Lipinski definition) is 3. The standard InChI is InChI=1S/C12H18N2O2/c1-7-5-10(16-4)6-8(2)11(7)14-12(15)9(3)13/h5-6,9H,13H2,1-4H3,(H,14,15). The van der Waals surface area contributed by atoms with Crippen LogP contribution in [0.2, 0.25) is 0 Å². The lowest BCUT2D eigenvalue weighted by atomic mass is 10.1. The molecule has 1 aromatic rings. The van der Waals surface area contributed by atoms with E-state index in [4.69, 9.17) is 10.5 Å². The first kappa shape index (κ1) is 12.5. The molecular weight excluding hydrogens is 204 g/mol. The van der Waals surface area contributed by atoms with Crippen LogP contribution >= 0.6 is 0 Å². The number of amides is 1. The fraction of sp³-hybridized carbons (Fsp3) is 0.417. The molecule has 0 heterocycles. The topological polar surface area (TPSA) is 64.3 Å². The smallest absolute Gasteiger partial charge is 0.241 e. The zero-order chi connectivity index (χ0) is 12.3. The van der Waals surface area contributed by atoms with Gasteiger partial charge in [-0.25, -0.2) is 0 Å². The number of hydrogen-bond donors (Lipinski definition) is 2. The van der Waals surface area contributed by atoms with Crippen molar-refractivity contribution in [2.75, 3.05) is 12.4 Å². The largest absolute Gasteiger partial charge is 0.497 e. The Bertz CT molecular complexity index is 377. The van der Waals surface area contributed by atoms with Crippen LogP contribution in [0.4, 0.5) is 5.69 Å². The van der Waals surface area contributed by atoms with Gasteiger partial charge in [0.25, 0.3) is 0 Å². The van der Waals surface area contributed by atoms with E-state index in [2.05, 4.69) is 5.32 Å². The number of methoxy groups -OCH3 is 1. The van der Waals surface area contributed by atoms with Crippen molar-refractivity contribution in [3.05, 3.63) is 23.3 Å². The number of nitrogens with two attached hydrogens (primary N) is 1. The number of nitrogens with one attached hydrogen (secondary N) is 1. The predicted octanol–water partition coefficient (Wildman–Crippen LogP) is 1.60. The third-order valence-corrected chi connectivity index (χ3v) is 2.40. The summed E-state index contributed by atoms with van der Waals surface area (Å²) < 4.78 is 5.15. The molecule has 0 saturated carbocycles. The van der Waals surface area contributed by atoms with Gasteiger partial charge in [-0.1, -0.05) is 0 Å². The first-order valence-corrected chi connectivity index (χ1v) is 5.17. The molecule has 1 amide bonds. The van der Waals surface area contributed by atoms with Crippen LogP contribution < -0.4 is 15.8 Å². The van der Waals surface area contributed by atoms with Gasteiger partial charge in [0.05, 0.1) is 13.2 Å². The van der Waals surface area contributed by atoms with E-state index >= 15 is 0 Å². The summed E-state index contributed by atoms with van der Waals surface area (Å²) in [5.41, 5.74) is 8.24. The number of carbonyl (C=O) groups excluding carboxylic acids is 1. The number of carbonyl (C=O) groups is 1. The van der Waals surface area contributed by atoms with Gasteiger partial charge in [0.1, 0.15) is 5.75 Å². The molecule has 4 heteroatoms. The first-order chi connectivity index (χ1) is 7.45. The highest BCUT2D eigenvalue weighted by Gasteiger charge is 2.11. The van der Waals surface area contributed by atoms with Crippen molar-refractivity contribution in [3.8, 4) is 5.75 Å². The highest BCUT2D eigenvalue weighted by molar-refractivity contribution is 5.95. The van der Waals surface area contributed by atoms with Crippen LogP contribution in [0.15, 0.2) is 12.1 Å². The lowest BCUT2D eigenvalue weighted by molar-refractivity contribution is -0.117. The monoisotopic (exact) mass is 222 g/mol. The number of benzene rings is 1. The van der Waals surface area contributed by atoms with Gasteiger partial charge < -0.3 is 15.8 Å². The maximum Gasteiger partial charge on any atom is 0.241 e. The van der Waals surface area contributed by atoms with Gasteiger partial charge in [0, 0.05) is 5.69 Å². The second kappa shape index (κ2) is 4.99. The summed E-state index contributed by atoms with van der Waals surface area (Å²) in [6.45, 7) is 5.50. The van der Waals surface area contributed by atoms with E-state index in [9.17, 15) is 4.79 Å². The lowest BCUT2D eigenvalue weighted by Gasteiger charge is -2.14. The molecule has 0 fully saturated rings. The molecule has 0 radical (unpaired) electrons. The van der Waals surface area contributed by atoms with Crippen LogP contribution in [0.1, 0.15) is 18.1 Å². The summed E-state index contributed by atoms with van der Waals surface area (Å²) in [6, 6.07) is 3.24. The van der Waals surface area contributed by atoms with Crippen LogP contribution in [0, 0.1) is 13.8 Å². The Morgan fingerprint density at radius 3 is 2.25 bits per heavy atom. The van der Waals surface area contributed by atoms with Crippen LogP contribution in [-0.4, -0.2) is 19.1 Å². The summed E-state index contributed by atoms with van der Waals surface area (Å²) in [6.07, 6.45) is 0. The van der Waals surface area contributed by atoms with Crippen molar-refractivity contribution in [3.63, 3.8) is 0 Å². The molecule has 88 valence electrons. The van der Waals surface area contributed by atoms with Gasteiger partial charge in [-0.15, -0.1) is 0 Å². The average Bonchev–Trinajstić information content (AvgIpc) is 2.22. The summed E-state index contributed by atoms with van der Waals surface area (Å²) in [5.74, 6) is 0.602. The van der Waals surface area contributed by atoms with Crippen molar-refractivity contribution in [1.82, 2.24) is 0 Å². The fourth-order valence-corrected chi connectivity index (χ4v) is 1.48. The van der Waals surface area contributed by atoms with E-state index < -0.39 is 6.04 Å². The van der Waals surface area contributed by atoms with Gasteiger partial charge in [-0.3, -0.25) is 4.79 Å². The van der Waals surface area contributed by atoms with E-state index in [0.29, 0.717) is 0 Å². The number of anilines is 1. The summed E-state index contributed by atoms with van der Waals surface area (Å²) in [5, 5.41) is 2.81. The van der Waals surface area contributed by atoms with E-state index in [-0.39, 0.29) is 5.91 Å². The summed E-state index contributed by atoms with van der Waals surface area (Å²) >= 11 is 0. The third kappa shape index (κ3) is 2.73. The van der Waals surface area contributed by atoms with Crippen LogP contribution in [0.5, 0.6) is 5.75 Å². The Morgan fingerprint density at radius 1 is 1.38 bits per heavy atom. The molecule has 1 atom stereocenters. The maximum absolute atomic E-state index is 11.5. The molecule has 1 rings (SSSR count). The number of aryl methyl sites for hydroxylation is 2. The van der Waals surface area contributed by atoms with Crippen LogP contribution in [-0.2, 0) is 4.79 Å². The van der Waals surface area contributed by atoms with Crippen molar-refractivity contribution in [2.45, 2.75) is 26.8 Å². The molecule has 1 aromatic carbocycles. The molecule has 3 N–H and O–H groups in total. The third-order valence-electron chi connectivity index (χ3n) is 2.40. The van der Waals surface area contributed by atoms with Gasteiger partial charge in [-0.2, -0.15) is 0 Å². The molecule has 0 aliphatic carbocycles. The van der Waals surface area contributed by atoms with Gasteiger partial charge in [0.15, 0.2) is 0 Å². The Balaban J connectivity index is 3.01.